The van der Waals surface area contributed by atoms with Crippen LogP contribution in [-0.2, 0) is 4.79 Å². The molecule has 0 aromatic heterocycles. The Morgan fingerprint density at radius 3 is 2.70 bits per heavy atom. The summed E-state index contributed by atoms with van der Waals surface area (Å²) < 4.78 is 13.3. The summed E-state index contributed by atoms with van der Waals surface area (Å²) >= 11 is 0. The molecule has 1 saturated heterocycles. The SMILES string of the molecule is CC(C)(C)C(C(=O)O)N1CCC(c2cccc(F)c2)C1. The van der Waals surface area contributed by atoms with Gasteiger partial charge in [0.15, 0.2) is 0 Å². The maximum atomic E-state index is 13.3. The summed E-state index contributed by atoms with van der Waals surface area (Å²) in [6.07, 6.45) is 0.878. The van der Waals surface area contributed by atoms with Crippen molar-refractivity contribution >= 4 is 5.97 Å². The number of nitrogens with zero attached hydrogens (tertiary/aromatic N) is 1. The van der Waals surface area contributed by atoms with Crippen LogP contribution in [-0.4, -0.2) is 35.1 Å². The highest BCUT2D eigenvalue weighted by molar-refractivity contribution is 5.74. The molecule has 0 aliphatic carbocycles. The summed E-state index contributed by atoms with van der Waals surface area (Å²) in [5.74, 6) is -0.793. The fraction of sp³-hybridized carbons (Fsp3) is 0.562. The molecule has 0 saturated carbocycles. The molecular weight excluding hydrogens is 257 g/mol. The molecule has 1 fully saturated rings. The zero-order chi connectivity index (χ0) is 14.9. The molecule has 20 heavy (non-hydrogen) atoms. The molecule has 1 aliphatic rings. The highest BCUT2D eigenvalue weighted by atomic mass is 19.1. The Hall–Kier alpha value is -1.42. The second-order valence-electron chi connectivity index (χ2n) is 6.64. The molecule has 4 heteroatoms. The van der Waals surface area contributed by atoms with Gasteiger partial charge in [-0.05, 0) is 42.0 Å². The molecule has 110 valence electrons. The van der Waals surface area contributed by atoms with Crippen LogP contribution in [0, 0.1) is 11.2 Å². The number of halogens is 1. The summed E-state index contributed by atoms with van der Waals surface area (Å²) in [5.41, 5.74) is 0.647. The monoisotopic (exact) mass is 279 g/mol. The molecule has 0 bridgehead atoms. The molecule has 2 unspecified atom stereocenters. The number of carbonyl (C=O) groups is 1. The summed E-state index contributed by atoms with van der Waals surface area (Å²) in [5, 5.41) is 9.47. The Balaban J connectivity index is 2.14. The maximum Gasteiger partial charge on any atom is 0.321 e. The first-order valence-electron chi connectivity index (χ1n) is 7.01. The van der Waals surface area contributed by atoms with Crippen LogP contribution in [0.15, 0.2) is 24.3 Å². The summed E-state index contributed by atoms with van der Waals surface area (Å²) in [4.78, 5) is 13.5. The molecule has 1 aromatic carbocycles. The van der Waals surface area contributed by atoms with Crippen LogP contribution in [0.5, 0.6) is 0 Å². The van der Waals surface area contributed by atoms with Gasteiger partial charge >= 0.3 is 5.97 Å². The lowest BCUT2D eigenvalue weighted by molar-refractivity contribution is -0.147. The number of hydrogen-bond donors (Lipinski definition) is 1. The largest absolute Gasteiger partial charge is 0.480 e. The van der Waals surface area contributed by atoms with Gasteiger partial charge < -0.3 is 5.11 Å². The van der Waals surface area contributed by atoms with Crippen molar-refractivity contribution in [2.45, 2.75) is 39.2 Å². The number of carboxylic acid groups (broad SMARTS) is 1. The summed E-state index contributed by atoms with van der Waals surface area (Å²) in [6.45, 7) is 7.26. The van der Waals surface area contributed by atoms with Crippen LogP contribution >= 0.6 is 0 Å². The Kier molecular flexibility index (Phi) is 4.14. The van der Waals surface area contributed by atoms with Crippen LogP contribution < -0.4 is 0 Å². The fourth-order valence-electron chi connectivity index (χ4n) is 3.13. The second kappa shape index (κ2) is 5.52. The molecule has 1 aliphatic heterocycles. The van der Waals surface area contributed by atoms with Crippen molar-refractivity contribution in [3.8, 4) is 0 Å². The Labute approximate surface area is 119 Å². The van der Waals surface area contributed by atoms with Gasteiger partial charge in [0, 0.05) is 6.54 Å². The van der Waals surface area contributed by atoms with Crippen LogP contribution in [0.2, 0.25) is 0 Å². The smallest absolute Gasteiger partial charge is 0.321 e. The van der Waals surface area contributed by atoms with E-state index in [4.69, 9.17) is 0 Å². The highest BCUT2D eigenvalue weighted by Crippen LogP contribution is 2.33. The molecule has 2 atom stereocenters. The third kappa shape index (κ3) is 3.18. The third-order valence-electron chi connectivity index (χ3n) is 3.96. The van der Waals surface area contributed by atoms with E-state index in [1.165, 1.54) is 6.07 Å². The molecule has 0 radical (unpaired) electrons. The Morgan fingerprint density at radius 1 is 1.45 bits per heavy atom. The number of benzene rings is 1. The van der Waals surface area contributed by atoms with Gasteiger partial charge in [0.2, 0.25) is 0 Å². The molecule has 1 N–H and O–H groups in total. The average Bonchev–Trinajstić information content (AvgIpc) is 2.75. The lowest BCUT2D eigenvalue weighted by atomic mass is 9.85. The van der Waals surface area contributed by atoms with E-state index in [0.29, 0.717) is 6.54 Å². The van der Waals surface area contributed by atoms with Crippen molar-refractivity contribution in [1.82, 2.24) is 4.90 Å². The van der Waals surface area contributed by atoms with E-state index in [-0.39, 0.29) is 17.2 Å². The van der Waals surface area contributed by atoms with E-state index in [1.807, 2.05) is 31.7 Å². The quantitative estimate of drug-likeness (QED) is 0.924. The zero-order valence-corrected chi connectivity index (χ0v) is 12.3. The number of carboxylic acids is 1. The fourth-order valence-corrected chi connectivity index (χ4v) is 3.13. The van der Waals surface area contributed by atoms with Gasteiger partial charge in [-0.2, -0.15) is 0 Å². The molecule has 3 nitrogen and oxygen atoms in total. The maximum absolute atomic E-state index is 13.3. The number of likely N-dealkylation sites (tertiary alicyclic amines) is 1. The first-order chi connectivity index (χ1) is 9.29. The second-order valence-corrected chi connectivity index (χ2v) is 6.64. The number of rotatable bonds is 3. The molecule has 1 aromatic rings. The standard InChI is InChI=1S/C16H22FNO2/c1-16(2,3)14(15(19)20)18-8-7-12(10-18)11-5-4-6-13(17)9-11/h4-6,9,12,14H,7-8,10H2,1-3H3,(H,19,20). The van der Waals surface area contributed by atoms with Gasteiger partial charge in [-0.15, -0.1) is 0 Å². The van der Waals surface area contributed by atoms with Crippen molar-refractivity contribution in [2.75, 3.05) is 13.1 Å². The van der Waals surface area contributed by atoms with Gasteiger partial charge in [-0.25, -0.2) is 4.39 Å². The van der Waals surface area contributed by atoms with E-state index in [9.17, 15) is 14.3 Å². The zero-order valence-electron chi connectivity index (χ0n) is 12.3. The number of hydrogen-bond acceptors (Lipinski definition) is 2. The van der Waals surface area contributed by atoms with Gasteiger partial charge in [0.1, 0.15) is 11.9 Å². The van der Waals surface area contributed by atoms with E-state index < -0.39 is 12.0 Å². The first-order valence-corrected chi connectivity index (χ1v) is 7.01. The average molecular weight is 279 g/mol. The Bertz CT molecular complexity index is 495. The normalized spacial score (nSPS) is 21.9. The number of aliphatic carboxylic acids is 1. The van der Waals surface area contributed by atoms with Crippen LogP contribution in [0.1, 0.15) is 38.7 Å². The predicted molar refractivity (Wildman–Crippen MR) is 76.2 cm³/mol. The van der Waals surface area contributed by atoms with Crippen LogP contribution in [0.3, 0.4) is 0 Å². The van der Waals surface area contributed by atoms with Gasteiger partial charge in [-0.3, -0.25) is 9.69 Å². The van der Waals surface area contributed by atoms with Crippen molar-refractivity contribution < 1.29 is 14.3 Å². The van der Waals surface area contributed by atoms with Crippen molar-refractivity contribution in [3.05, 3.63) is 35.6 Å². The first kappa shape index (κ1) is 15.0. The van der Waals surface area contributed by atoms with Gasteiger partial charge in [-0.1, -0.05) is 32.9 Å². The Morgan fingerprint density at radius 2 is 2.15 bits per heavy atom. The molecule has 1 heterocycles. The van der Waals surface area contributed by atoms with Crippen molar-refractivity contribution in [2.24, 2.45) is 5.41 Å². The minimum Gasteiger partial charge on any atom is -0.480 e. The van der Waals surface area contributed by atoms with Gasteiger partial charge in [0.25, 0.3) is 0 Å². The lowest BCUT2D eigenvalue weighted by Gasteiger charge is -2.34. The molecule has 0 spiro atoms. The van der Waals surface area contributed by atoms with Crippen molar-refractivity contribution in [1.29, 1.82) is 0 Å². The topological polar surface area (TPSA) is 40.5 Å². The predicted octanol–water partition coefficient (Wildman–Crippen LogP) is 3.11. The molecular formula is C16H22FNO2. The minimum absolute atomic E-state index is 0.217. The van der Waals surface area contributed by atoms with E-state index in [2.05, 4.69) is 0 Å². The van der Waals surface area contributed by atoms with Crippen molar-refractivity contribution in [3.63, 3.8) is 0 Å². The lowest BCUT2D eigenvalue weighted by Crippen LogP contribution is -2.48. The van der Waals surface area contributed by atoms with E-state index in [1.54, 1.807) is 12.1 Å². The minimum atomic E-state index is -0.780. The van der Waals surface area contributed by atoms with E-state index in [0.717, 1.165) is 18.5 Å². The molecule has 2 rings (SSSR count). The summed E-state index contributed by atoms with van der Waals surface area (Å²) in [6, 6.07) is 6.13. The molecule has 0 amide bonds. The van der Waals surface area contributed by atoms with Crippen LogP contribution in [0.25, 0.3) is 0 Å². The summed E-state index contributed by atoms with van der Waals surface area (Å²) in [7, 11) is 0. The van der Waals surface area contributed by atoms with Crippen LogP contribution in [0.4, 0.5) is 4.39 Å². The highest BCUT2D eigenvalue weighted by Gasteiger charge is 2.40. The van der Waals surface area contributed by atoms with E-state index >= 15 is 0 Å². The van der Waals surface area contributed by atoms with Gasteiger partial charge in [0.05, 0.1) is 0 Å². The third-order valence-corrected chi connectivity index (χ3v) is 3.96.